The van der Waals surface area contributed by atoms with E-state index >= 15 is 0 Å². The molecule has 3 rings (SSSR count). The second-order valence-electron chi connectivity index (χ2n) is 24.3. The smallest absolute Gasteiger partial charge is 0.407 e. The Morgan fingerprint density at radius 1 is 0.407 bits per heavy atom. The van der Waals surface area contributed by atoms with Crippen molar-refractivity contribution in [3.63, 3.8) is 0 Å². The van der Waals surface area contributed by atoms with Gasteiger partial charge in [-0.25, -0.2) is 9.59 Å². The number of alkyl halides is 3. The van der Waals surface area contributed by atoms with Gasteiger partial charge in [0.2, 0.25) is 0 Å². The predicted molar refractivity (Wildman–Crippen MR) is 352 cm³/mol. The van der Waals surface area contributed by atoms with Gasteiger partial charge in [0.25, 0.3) is 0 Å². The Bertz CT molecular complexity index is 1590. The molecule has 0 aromatic rings. The van der Waals surface area contributed by atoms with Crippen LogP contribution >= 0.6 is 59.6 Å². The highest BCUT2D eigenvalue weighted by Crippen LogP contribution is 2.28. The van der Waals surface area contributed by atoms with Crippen molar-refractivity contribution in [2.75, 3.05) is 103 Å². The fourth-order valence-corrected chi connectivity index (χ4v) is 10.1. The number of rotatable bonds is 42. The third-order valence-electron chi connectivity index (χ3n) is 14.2. The third-order valence-corrected chi connectivity index (χ3v) is 15.0. The molecule has 3 saturated carbocycles. The molecular formula is C63H121Cl5N4O14. The Morgan fingerprint density at radius 3 is 0.977 bits per heavy atom. The van der Waals surface area contributed by atoms with Crippen LogP contribution in [-0.4, -0.2) is 168 Å². The number of ether oxygens (including phenoxy) is 8. The highest BCUT2D eigenvalue weighted by atomic mass is 35.5. The van der Waals surface area contributed by atoms with Crippen LogP contribution in [0.4, 0.5) is 9.59 Å². The van der Waals surface area contributed by atoms with Crippen LogP contribution in [0.1, 0.15) is 221 Å². The summed E-state index contributed by atoms with van der Waals surface area (Å²) in [5, 5.41) is 14.5. The minimum absolute atomic E-state index is 0. The van der Waals surface area contributed by atoms with Gasteiger partial charge in [0, 0.05) is 100 Å². The Kier molecular flexibility index (Phi) is 61.6. The number of carboxylic acid groups (broad SMARTS) is 1. The molecule has 0 bridgehead atoms. The van der Waals surface area contributed by atoms with E-state index in [9.17, 15) is 24.0 Å². The average molecular weight is 1340 g/mol. The maximum absolute atomic E-state index is 12.4. The van der Waals surface area contributed by atoms with Gasteiger partial charge in [-0.2, -0.15) is 0 Å². The van der Waals surface area contributed by atoms with E-state index in [0.29, 0.717) is 122 Å². The summed E-state index contributed by atoms with van der Waals surface area (Å²) < 4.78 is 43.1. The van der Waals surface area contributed by atoms with Crippen LogP contribution in [0.25, 0.3) is 0 Å². The minimum Gasteiger partial charge on any atom is -0.481 e. The molecular weight excluding hydrogens is 1210 g/mol. The minimum atomic E-state index is -0.735. The Balaban J connectivity index is -0.00000110. The summed E-state index contributed by atoms with van der Waals surface area (Å²) >= 11 is 16.8. The van der Waals surface area contributed by atoms with Crippen LogP contribution in [0.15, 0.2) is 0 Å². The van der Waals surface area contributed by atoms with E-state index in [1.54, 1.807) is 0 Å². The predicted octanol–water partition coefficient (Wildman–Crippen LogP) is 13.7. The number of Topliss-reactive ketones (excluding diaryl/α,β-unsaturated/α-hetero) is 2. The van der Waals surface area contributed by atoms with Gasteiger partial charge in [0.15, 0.2) is 0 Å². The van der Waals surface area contributed by atoms with Crippen molar-refractivity contribution in [1.82, 2.24) is 10.6 Å². The molecule has 0 unspecified atom stereocenters. The van der Waals surface area contributed by atoms with Crippen molar-refractivity contribution >= 4 is 89.3 Å². The maximum atomic E-state index is 12.4. The van der Waals surface area contributed by atoms with Crippen molar-refractivity contribution < 1.29 is 67.0 Å². The molecule has 7 N–H and O–H groups in total. The summed E-state index contributed by atoms with van der Waals surface area (Å²) in [4.78, 5) is 58.6. The monoisotopic (exact) mass is 1330 g/mol. The molecule has 0 saturated heterocycles. The van der Waals surface area contributed by atoms with E-state index in [1.165, 1.54) is 32.1 Å². The number of carbonyl (C=O) groups excluding carboxylic acids is 4. The molecule has 0 aliphatic heterocycles. The van der Waals surface area contributed by atoms with Crippen molar-refractivity contribution in [3.8, 4) is 0 Å². The molecule has 0 heterocycles. The van der Waals surface area contributed by atoms with Crippen LogP contribution < -0.4 is 22.1 Å². The zero-order valence-corrected chi connectivity index (χ0v) is 57.8. The molecule has 0 atom stereocenters. The number of nitrogens with one attached hydrogen (secondary N) is 2. The molecule has 18 nitrogen and oxygen atoms in total. The highest BCUT2D eigenvalue weighted by Gasteiger charge is 2.30. The van der Waals surface area contributed by atoms with Gasteiger partial charge in [0.05, 0.1) is 52.2 Å². The lowest BCUT2D eigenvalue weighted by Crippen LogP contribution is -2.41. The summed E-state index contributed by atoms with van der Waals surface area (Å²) in [5.41, 5.74) is 10.1. The second-order valence-corrected chi connectivity index (χ2v) is 25.4. The zero-order chi connectivity index (χ0) is 62.5. The molecule has 0 radical (unpaired) electrons. The van der Waals surface area contributed by atoms with Gasteiger partial charge in [-0.05, 0) is 170 Å². The average Bonchev–Trinajstić information content (AvgIpc) is 3.62. The lowest BCUT2D eigenvalue weighted by molar-refractivity contribution is -0.142. The Morgan fingerprint density at radius 2 is 0.686 bits per heavy atom. The number of amides is 2. The van der Waals surface area contributed by atoms with E-state index in [0.717, 1.165) is 147 Å². The third kappa shape index (κ3) is 57.6. The normalized spacial score (nSPS) is 19.2. The molecule has 2 amide bonds. The quantitative estimate of drug-likeness (QED) is 0.0281. The van der Waals surface area contributed by atoms with Crippen LogP contribution in [-0.2, 0) is 52.3 Å². The number of ketones is 2. The molecule has 0 spiro atoms. The van der Waals surface area contributed by atoms with Crippen LogP contribution in [0.5, 0.6) is 0 Å². The number of hydrogen-bond acceptors (Lipinski definition) is 15. The van der Waals surface area contributed by atoms with Crippen molar-refractivity contribution in [2.45, 2.75) is 251 Å². The fourth-order valence-electron chi connectivity index (χ4n) is 9.54. The first-order chi connectivity index (χ1) is 40.2. The number of hydrogen-bond donors (Lipinski definition) is 5. The van der Waals surface area contributed by atoms with Crippen molar-refractivity contribution in [1.29, 1.82) is 0 Å². The highest BCUT2D eigenvalue weighted by molar-refractivity contribution is 6.18. The largest absolute Gasteiger partial charge is 0.481 e. The lowest BCUT2D eigenvalue weighted by Gasteiger charge is -2.29. The Hall–Kier alpha value is -1.52. The topological polar surface area (TPSA) is 256 Å². The number of unbranched alkanes of at least 4 members (excludes halogenated alkanes) is 9. The number of halogens is 5. The summed E-state index contributed by atoms with van der Waals surface area (Å²) in [5.74, 6) is 2.35. The molecule has 23 heteroatoms. The summed E-state index contributed by atoms with van der Waals surface area (Å²) in [6.07, 6.45) is 25.6. The van der Waals surface area contributed by atoms with Gasteiger partial charge in [-0.3, -0.25) is 14.4 Å². The van der Waals surface area contributed by atoms with E-state index < -0.39 is 23.3 Å². The lowest BCUT2D eigenvalue weighted by atomic mass is 9.82. The van der Waals surface area contributed by atoms with Gasteiger partial charge < -0.3 is 65.1 Å². The molecule has 512 valence electrons. The first-order valence-corrected chi connectivity index (χ1v) is 33.7. The number of aliphatic carboxylic acids is 1. The first kappa shape index (κ1) is 88.7. The first-order valence-electron chi connectivity index (χ1n) is 32.1. The van der Waals surface area contributed by atoms with Gasteiger partial charge in [-0.15, -0.1) is 59.6 Å². The van der Waals surface area contributed by atoms with E-state index in [1.807, 2.05) is 41.5 Å². The zero-order valence-electron chi connectivity index (χ0n) is 53.9. The fraction of sp³-hybridized carbons (Fsp3) is 0.921. The molecule has 86 heavy (non-hydrogen) atoms. The van der Waals surface area contributed by atoms with Crippen LogP contribution in [0.3, 0.4) is 0 Å². The van der Waals surface area contributed by atoms with Gasteiger partial charge >= 0.3 is 18.2 Å². The molecule has 0 aromatic carbocycles. The SMILES string of the molecule is CC(C)(C)OC(=O)NC1CCC(C(=O)CCCOCCOCCCCCCCl)CC1.CC(C)(C)OC(=O)NC1CCC(C(=O)O)CC1.Cl.Cl.NC1CCC(C(=O)CCCOCCOCCCCCCCl)CC1.NCCOCCOCCCCCCCl. The molecule has 0 aromatic heterocycles. The maximum Gasteiger partial charge on any atom is 0.407 e. The molecule has 3 fully saturated rings. The van der Waals surface area contributed by atoms with E-state index in [4.69, 9.17) is 89.3 Å². The number of nitrogens with two attached hydrogens (primary N) is 2. The number of carbonyl (C=O) groups is 5. The van der Waals surface area contributed by atoms with Crippen LogP contribution in [0, 0.1) is 17.8 Å². The number of carboxylic acids is 1. The summed E-state index contributed by atoms with van der Waals surface area (Å²) in [6, 6.07) is 0.454. The summed E-state index contributed by atoms with van der Waals surface area (Å²) in [6.45, 7) is 19.6. The van der Waals surface area contributed by atoms with Crippen molar-refractivity contribution in [3.05, 3.63) is 0 Å². The Labute approximate surface area is 547 Å². The number of alkyl carbamates (subject to hydrolysis) is 2. The van der Waals surface area contributed by atoms with Gasteiger partial charge in [-0.1, -0.05) is 38.5 Å². The standard InChI is InChI=1S/C23H42ClNO5.C18H34ClNO3.C12H21NO4.C10H22ClNO2.2ClH/c1-23(2,3)30-22(27)25-20-12-10-19(11-13-20)21(26)9-8-16-29-18-17-28-15-7-5-4-6-14-24;19-11-3-1-2-4-12-22-14-15-23-13-5-6-18(21)16-7-9-17(20)10-8-16;1-12(2,3)17-11(16)13-9-6-4-8(5-7-9)10(14)15;11-5-3-1-2-4-7-13-9-10-14-8-6-12;;/h19-20H,4-18H2,1-3H3,(H,25,27);16-17H,1-15,20H2;8-9H,4-7H2,1-3H3,(H,13,16)(H,14,15);1-10,12H2;2*1H. The van der Waals surface area contributed by atoms with Crippen molar-refractivity contribution in [2.24, 2.45) is 29.2 Å². The second kappa shape index (κ2) is 59.8. The van der Waals surface area contributed by atoms with E-state index in [2.05, 4.69) is 10.6 Å². The van der Waals surface area contributed by atoms with Crippen LogP contribution in [0.2, 0.25) is 0 Å². The molecule has 3 aliphatic rings. The summed E-state index contributed by atoms with van der Waals surface area (Å²) in [7, 11) is 0. The molecule has 3 aliphatic carbocycles. The van der Waals surface area contributed by atoms with Gasteiger partial charge in [0.1, 0.15) is 22.8 Å². The van der Waals surface area contributed by atoms with E-state index in [-0.39, 0.29) is 60.7 Å².